The summed E-state index contributed by atoms with van der Waals surface area (Å²) in [4.78, 5) is 4.86. The molecule has 2 fully saturated rings. The van der Waals surface area contributed by atoms with Crippen molar-refractivity contribution in [1.82, 2.24) is 9.73 Å². The van der Waals surface area contributed by atoms with Crippen LogP contribution in [-0.4, -0.2) is 77.8 Å². The topological polar surface area (TPSA) is 148 Å². The van der Waals surface area contributed by atoms with Gasteiger partial charge in [-0.3, -0.25) is 5.01 Å². The first-order valence-electron chi connectivity index (χ1n) is 15.4. The molecule has 3 aromatic rings. The Hall–Kier alpha value is -3.30. The third kappa shape index (κ3) is 8.60. The maximum atomic E-state index is 12.6. The Kier molecular flexibility index (Phi) is 11.4. The van der Waals surface area contributed by atoms with Crippen molar-refractivity contribution in [3.05, 3.63) is 82.3 Å². The van der Waals surface area contributed by atoms with Gasteiger partial charge in [0.05, 0.1) is 23.1 Å². The zero-order valence-corrected chi connectivity index (χ0v) is 28.7. The molecule has 5 N–H and O–H groups in total. The average Bonchev–Trinajstić information content (AvgIpc) is 3.47. The van der Waals surface area contributed by atoms with Gasteiger partial charge in [-0.1, -0.05) is 36.2 Å². The normalized spacial score (nSPS) is 20.9. The number of piperazine rings is 1. The first kappa shape index (κ1) is 35.0. The molecule has 12 nitrogen and oxygen atoms in total. The van der Waals surface area contributed by atoms with E-state index in [1.807, 2.05) is 50.2 Å². The van der Waals surface area contributed by atoms with E-state index in [1.54, 1.807) is 30.3 Å². The molecule has 0 aromatic heterocycles. The van der Waals surface area contributed by atoms with Gasteiger partial charge in [-0.2, -0.15) is 5.10 Å². The van der Waals surface area contributed by atoms with E-state index >= 15 is 0 Å². The van der Waals surface area contributed by atoms with Crippen molar-refractivity contribution in [1.29, 1.82) is 0 Å². The summed E-state index contributed by atoms with van der Waals surface area (Å²) in [7, 11) is -3.53. The van der Waals surface area contributed by atoms with E-state index in [1.165, 1.54) is 11.3 Å². The van der Waals surface area contributed by atoms with Crippen LogP contribution in [0.25, 0.3) is 0 Å². The lowest BCUT2D eigenvalue weighted by molar-refractivity contribution is -0.185. The number of hydrogen-bond acceptors (Lipinski definition) is 10. The number of rotatable bonds is 13. The number of nitrogens with two attached hydrogens (primary N) is 2. The van der Waals surface area contributed by atoms with Crippen molar-refractivity contribution in [3.63, 3.8) is 0 Å². The minimum absolute atomic E-state index is 0.0800. The van der Waals surface area contributed by atoms with Gasteiger partial charge in [-0.05, 0) is 74.0 Å². The Labute approximate surface area is 286 Å². The Morgan fingerprint density at radius 2 is 1.68 bits per heavy atom. The zero-order valence-electron chi connectivity index (χ0n) is 26.4. The zero-order chi connectivity index (χ0) is 33.6. The predicted molar refractivity (Wildman–Crippen MR) is 185 cm³/mol. The highest BCUT2D eigenvalue weighted by Gasteiger charge is 2.46. The molecule has 2 saturated heterocycles. The van der Waals surface area contributed by atoms with E-state index in [4.69, 9.17) is 49.1 Å². The molecule has 3 aromatic carbocycles. The van der Waals surface area contributed by atoms with Crippen LogP contribution in [0, 0.1) is 0 Å². The van der Waals surface area contributed by atoms with Gasteiger partial charge in [-0.15, -0.1) is 0 Å². The van der Waals surface area contributed by atoms with Crippen LogP contribution >= 0.6 is 23.2 Å². The van der Waals surface area contributed by atoms with Gasteiger partial charge in [-0.25, -0.2) is 19.0 Å². The molecule has 47 heavy (non-hydrogen) atoms. The number of hydrogen-bond donors (Lipinski definition) is 3. The molecule has 1 unspecified atom stereocenters. The molecule has 2 aliphatic rings. The average molecular weight is 707 g/mol. The maximum Gasteiger partial charge on any atom is 0.240 e. The van der Waals surface area contributed by atoms with Gasteiger partial charge < -0.3 is 29.9 Å². The van der Waals surface area contributed by atoms with Crippen molar-refractivity contribution in [2.24, 2.45) is 16.8 Å². The molecule has 0 saturated carbocycles. The van der Waals surface area contributed by atoms with Crippen LogP contribution in [-0.2, 0) is 25.3 Å². The molecule has 254 valence electrons. The van der Waals surface area contributed by atoms with Crippen molar-refractivity contribution in [3.8, 4) is 5.75 Å². The lowest BCUT2D eigenvalue weighted by Gasteiger charge is -2.37. The second-order valence-electron chi connectivity index (χ2n) is 11.6. The minimum Gasteiger partial charge on any atom is -0.491 e. The van der Waals surface area contributed by atoms with Crippen LogP contribution in [0.2, 0.25) is 10.0 Å². The second kappa shape index (κ2) is 15.3. The monoisotopic (exact) mass is 705 g/mol. The molecule has 15 heteroatoms. The second-order valence-corrected chi connectivity index (χ2v) is 14.1. The van der Waals surface area contributed by atoms with E-state index in [0.29, 0.717) is 21.4 Å². The summed E-state index contributed by atoms with van der Waals surface area (Å²) in [5.74, 6) is 10.7. The first-order chi connectivity index (χ1) is 22.5. The molecule has 2 aliphatic heterocycles. The summed E-state index contributed by atoms with van der Waals surface area (Å²) >= 11 is 12.6. The Morgan fingerprint density at radius 1 is 1.06 bits per heavy atom. The highest BCUT2D eigenvalue weighted by molar-refractivity contribution is 7.89. The molecular weight excluding hydrogens is 665 g/mol. The van der Waals surface area contributed by atoms with Crippen LogP contribution < -0.4 is 30.9 Å². The highest BCUT2D eigenvalue weighted by Crippen LogP contribution is 2.39. The van der Waals surface area contributed by atoms with Crippen molar-refractivity contribution >= 4 is 50.9 Å². The van der Waals surface area contributed by atoms with Crippen LogP contribution in [0.3, 0.4) is 0 Å². The smallest absolute Gasteiger partial charge is 0.240 e. The van der Waals surface area contributed by atoms with Crippen LogP contribution in [0.1, 0.15) is 25.8 Å². The van der Waals surface area contributed by atoms with Crippen molar-refractivity contribution in [2.75, 3.05) is 55.7 Å². The van der Waals surface area contributed by atoms with Crippen LogP contribution in [0.15, 0.2) is 76.7 Å². The summed E-state index contributed by atoms with van der Waals surface area (Å²) in [6.07, 6.45) is 1.60. The Balaban J connectivity index is 1.14. The Bertz CT molecular complexity index is 1620. The van der Waals surface area contributed by atoms with E-state index in [-0.39, 0.29) is 30.7 Å². The van der Waals surface area contributed by atoms with Crippen LogP contribution in [0.5, 0.6) is 5.75 Å². The van der Waals surface area contributed by atoms with Gasteiger partial charge in [0.25, 0.3) is 0 Å². The van der Waals surface area contributed by atoms with E-state index in [0.717, 1.165) is 44.0 Å². The number of halogens is 2. The van der Waals surface area contributed by atoms with E-state index in [9.17, 15) is 8.42 Å². The number of ether oxygens (including phenoxy) is 3. The first-order valence-corrected chi connectivity index (χ1v) is 17.6. The van der Waals surface area contributed by atoms with Crippen LogP contribution in [0.4, 0.5) is 11.4 Å². The standard InChI is InChI=1S/C32H41Cl2N7O5S/c1-3-23(2)38-47(42,43)29-11-7-26(8-12-29)40-16-14-39(15-17-40)25-5-9-27(10-6-25)44-19-28-20-45-32(46-28,21-41(36)22-37-35)30-13-4-24(33)18-31(30)34/h4-13,18,22-23,28,38H,3,14-17,19-21,35-36H2,1-2H3/b37-22-/t23?,28-,32-/m1/s1. The molecule has 0 radical (unpaired) electrons. The number of hydrazine groups is 1. The molecule has 2 heterocycles. The third-order valence-electron chi connectivity index (χ3n) is 8.20. The van der Waals surface area contributed by atoms with Crippen molar-refractivity contribution in [2.45, 2.75) is 43.1 Å². The quantitative estimate of drug-likeness (QED) is 0.103. The molecule has 0 bridgehead atoms. The number of nitrogens with one attached hydrogen (secondary N) is 1. The fourth-order valence-electron chi connectivity index (χ4n) is 5.54. The summed E-state index contributed by atoms with van der Waals surface area (Å²) < 4.78 is 46.5. The number of anilines is 2. The number of nitrogens with zero attached hydrogens (tertiary/aromatic N) is 4. The Morgan fingerprint density at radius 3 is 2.26 bits per heavy atom. The van der Waals surface area contributed by atoms with Gasteiger partial charge in [0.2, 0.25) is 15.8 Å². The lowest BCUT2D eigenvalue weighted by atomic mass is 10.1. The number of sulfonamides is 1. The molecule has 3 atom stereocenters. The summed E-state index contributed by atoms with van der Waals surface area (Å²) in [6, 6.07) is 20.0. The summed E-state index contributed by atoms with van der Waals surface area (Å²) in [5, 5.41) is 5.61. The molecule has 5 rings (SSSR count). The molecule has 0 spiro atoms. The SMILES string of the molecule is CCC(C)NS(=O)(=O)c1ccc(N2CCN(c3ccc(OC[C@@H]4CO[C@@](CN(N)/C=N\N)(c5ccc(Cl)cc5Cl)O4)cc3)CC2)cc1. The number of hydrazone groups is 1. The third-order valence-corrected chi connectivity index (χ3v) is 10.4. The fraction of sp³-hybridized carbons (Fsp3) is 0.406. The highest BCUT2D eigenvalue weighted by atomic mass is 35.5. The largest absolute Gasteiger partial charge is 0.491 e. The maximum absolute atomic E-state index is 12.6. The van der Waals surface area contributed by atoms with Gasteiger partial charge >= 0.3 is 0 Å². The predicted octanol–water partition coefficient (Wildman–Crippen LogP) is 4.12. The minimum atomic E-state index is -3.53. The van der Waals surface area contributed by atoms with Gasteiger partial charge in [0.1, 0.15) is 24.8 Å². The van der Waals surface area contributed by atoms with E-state index in [2.05, 4.69) is 19.6 Å². The summed E-state index contributed by atoms with van der Waals surface area (Å²) in [5.41, 5.74) is 2.68. The van der Waals surface area contributed by atoms with E-state index < -0.39 is 21.9 Å². The molecular formula is C32H41Cl2N7O5S. The lowest BCUT2D eigenvalue weighted by Crippen LogP contribution is -2.46. The molecule has 0 aliphatic carbocycles. The van der Waals surface area contributed by atoms with Crippen molar-refractivity contribution < 1.29 is 22.6 Å². The van der Waals surface area contributed by atoms with Gasteiger partial charge in [0.15, 0.2) is 0 Å². The fourth-order valence-corrected chi connectivity index (χ4v) is 7.42. The summed E-state index contributed by atoms with van der Waals surface area (Å²) in [6.45, 7) is 7.65. The van der Waals surface area contributed by atoms with Gasteiger partial charge in [0, 0.05) is 54.2 Å². The number of benzene rings is 3. The molecule has 0 amide bonds.